The Hall–Kier alpha value is -7.69. The molecule has 6 heteroatoms. The molecule has 0 amide bonds. The van der Waals surface area contributed by atoms with E-state index in [4.69, 9.17) is 9.47 Å². The van der Waals surface area contributed by atoms with E-state index in [0.717, 1.165) is 34.4 Å². The molecule has 9 aromatic carbocycles. The summed E-state index contributed by atoms with van der Waals surface area (Å²) in [7, 11) is 0. The van der Waals surface area contributed by atoms with Gasteiger partial charge in [0.05, 0.1) is 11.4 Å². The molecular weight excluding hydrogens is 1090 g/mol. The Labute approximate surface area is 536 Å². The molecule has 0 N–H and O–H groups in total. The molecule has 0 saturated heterocycles. The van der Waals surface area contributed by atoms with Gasteiger partial charge in [-0.05, 0) is 213 Å². The Balaban J connectivity index is 0.961. The van der Waals surface area contributed by atoms with Crippen molar-refractivity contribution in [2.24, 2.45) is 0 Å². The molecule has 0 unspecified atom stereocenters. The summed E-state index contributed by atoms with van der Waals surface area (Å²) < 4.78 is 16.1. The molecule has 4 heterocycles. The van der Waals surface area contributed by atoms with Gasteiger partial charge in [0.15, 0.2) is 0 Å². The standard InChI is InChI=1S/C84H86B2N2O2/c1-53(2)55-25-29-63(30-26-55)67-39-47-77-73(51-67)85-71-49-65(59-21-13-7-14-22-59)37-45-75(71)87(69-41-33-61(34-42-69)57-17-9-5-10-18-57)81-79(85)83(89-77)82-80-84(81)90-78-48-40-68(64-31-27-56(28-32-64)54(3)4)52-74(78)86(80)72-50-66(60-23-15-8-16-24-60)38-46-76(72)88(82)70-43-35-62(36-44-70)58-19-11-6-12-20-58/h25-54,57-60H,5-24H2,1-4H3. The minimum absolute atomic E-state index is 0.156. The maximum atomic E-state index is 8.07. The summed E-state index contributed by atoms with van der Waals surface area (Å²) >= 11 is 0. The van der Waals surface area contributed by atoms with E-state index in [1.807, 2.05) is 0 Å². The molecule has 17 rings (SSSR count). The van der Waals surface area contributed by atoms with E-state index in [-0.39, 0.29) is 13.4 Å². The van der Waals surface area contributed by atoms with Crippen LogP contribution in [0.25, 0.3) is 22.3 Å². The fourth-order valence-electron chi connectivity index (χ4n) is 18.1. The lowest BCUT2D eigenvalue weighted by Crippen LogP contribution is -2.64. The molecule has 0 atom stereocenters. The smallest absolute Gasteiger partial charge is 0.256 e. The first-order valence-corrected chi connectivity index (χ1v) is 35.4. The van der Waals surface area contributed by atoms with Crippen LogP contribution in [0.15, 0.2) is 170 Å². The molecule has 4 nitrogen and oxygen atoms in total. The van der Waals surface area contributed by atoms with E-state index < -0.39 is 0 Å². The van der Waals surface area contributed by atoms with Crippen LogP contribution in [-0.4, -0.2) is 13.4 Å². The number of nitrogens with zero attached hydrogens (tertiary/aromatic N) is 2. The zero-order valence-corrected chi connectivity index (χ0v) is 53.6. The summed E-state index contributed by atoms with van der Waals surface area (Å²) in [6.07, 6.45) is 25.8. The number of rotatable bonds is 10. The van der Waals surface area contributed by atoms with Crippen LogP contribution in [0.3, 0.4) is 0 Å². The van der Waals surface area contributed by atoms with Crippen molar-refractivity contribution >= 4 is 80.3 Å². The molecule has 450 valence electrons. The van der Waals surface area contributed by atoms with Gasteiger partial charge < -0.3 is 19.3 Å². The summed E-state index contributed by atoms with van der Waals surface area (Å²) in [5.41, 5.74) is 28.0. The lowest BCUT2D eigenvalue weighted by Gasteiger charge is -2.47. The molecule has 9 aromatic rings. The number of benzene rings is 9. The monoisotopic (exact) mass is 1180 g/mol. The van der Waals surface area contributed by atoms with Gasteiger partial charge in [-0.3, -0.25) is 0 Å². The second-order valence-corrected chi connectivity index (χ2v) is 29.1. The van der Waals surface area contributed by atoms with Gasteiger partial charge in [0.1, 0.15) is 23.0 Å². The van der Waals surface area contributed by atoms with Crippen molar-refractivity contribution in [3.63, 3.8) is 0 Å². The largest absolute Gasteiger partial charge is 0.456 e. The van der Waals surface area contributed by atoms with Gasteiger partial charge in [0, 0.05) is 33.7 Å². The van der Waals surface area contributed by atoms with Gasteiger partial charge in [-0.25, -0.2) is 0 Å². The summed E-state index contributed by atoms with van der Waals surface area (Å²) in [6.45, 7) is 8.85. The third kappa shape index (κ3) is 9.69. The van der Waals surface area contributed by atoms with Gasteiger partial charge in [-0.2, -0.15) is 0 Å². The minimum atomic E-state index is -0.156. The predicted molar refractivity (Wildman–Crippen MR) is 381 cm³/mol. The first-order chi connectivity index (χ1) is 44.3. The molecule has 0 bridgehead atoms. The van der Waals surface area contributed by atoms with Crippen LogP contribution in [-0.2, 0) is 0 Å². The van der Waals surface area contributed by atoms with Crippen molar-refractivity contribution in [1.82, 2.24) is 0 Å². The predicted octanol–water partition coefficient (Wildman–Crippen LogP) is 20.3. The fraction of sp³-hybridized carbons (Fsp3) is 0.357. The van der Waals surface area contributed by atoms with Crippen LogP contribution >= 0.6 is 0 Å². The zero-order chi connectivity index (χ0) is 60.1. The summed E-state index contributed by atoms with van der Waals surface area (Å²) in [5, 5.41) is 0. The van der Waals surface area contributed by atoms with E-state index in [9.17, 15) is 0 Å². The van der Waals surface area contributed by atoms with Crippen LogP contribution < -0.4 is 52.1 Å². The van der Waals surface area contributed by atoms with E-state index in [0.29, 0.717) is 35.5 Å². The first kappa shape index (κ1) is 56.3. The fourth-order valence-corrected chi connectivity index (χ4v) is 18.1. The summed E-state index contributed by atoms with van der Waals surface area (Å²) in [5.74, 6) is 6.94. The van der Waals surface area contributed by atoms with Crippen LogP contribution in [0.2, 0.25) is 0 Å². The third-order valence-electron chi connectivity index (χ3n) is 23.2. The topological polar surface area (TPSA) is 24.9 Å². The number of hydrogen-bond donors (Lipinski definition) is 0. The van der Waals surface area contributed by atoms with Gasteiger partial charge >= 0.3 is 0 Å². The van der Waals surface area contributed by atoms with Crippen LogP contribution in [0, 0.1) is 0 Å². The molecule has 0 aromatic heterocycles. The molecule has 4 aliphatic carbocycles. The zero-order valence-electron chi connectivity index (χ0n) is 53.6. The minimum Gasteiger partial charge on any atom is -0.456 e. The molecule has 4 saturated carbocycles. The molecule has 0 radical (unpaired) electrons. The normalized spacial score (nSPS) is 18.1. The maximum absolute atomic E-state index is 8.07. The lowest BCUT2D eigenvalue weighted by atomic mass is 9.31. The van der Waals surface area contributed by atoms with Crippen molar-refractivity contribution in [3.05, 3.63) is 203 Å². The maximum Gasteiger partial charge on any atom is 0.256 e. The summed E-state index contributed by atoms with van der Waals surface area (Å²) in [6, 6.07) is 68.0. The Morgan fingerprint density at radius 1 is 0.322 bits per heavy atom. The van der Waals surface area contributed by atoms with Gasteiger partial charge in [0.2, 0.25) is 0 Å². The highest BCUT2D eigenvalue weighted by molar-refractivity contribution is 7.02. The average molecular weight is 1180 g/mol. The van der Waals surface area contributed by atoms with E-state index in [1.165, 1.54) is 240 Å². The van der Waals surface area contributed by atoms with E-state index in [1.54, 1.807) is 0 Å². The first-order valence-electron chi connectivity index (χ1n) is 35.4. The van der Waals surface area contributed by atoms with Gasteiger partial charge in [-0.1, -0.05) is 226 Å². The average Bonchev–Trinajstić information content (AvgIpc) is 0.675. The second-order valence-electron chi connectivity index (χ2n) is 29.1. The Kier molecular flexibility index (Phi) is 14.5. The van der Waals surface area contributed by atoms with Crippen LogP contribution in [0.1, 0.15) is 225 Å². The highest BCUT2D eigenvalue weighted by Gasteiger charge is 2.53. The van der Waals surface area contributed by atoms with Crippen molar-refractivity contribution in [1.29, 1.82) is 0 Å². The number of ether oxygens (including phenoxy) is 2. The second kappa shape index (κ2) is 23.2. The van der Waals surface area contributed by atoms with E-state index in [2.05, 4.69) is 207 Å². The molecule has 0 spiro atoms. The van der Waals surface area contributed by atoms with Crippen LogP contribution in [0.4, 0.5) is 34.1 Å². The van der Waals surface area contributed by atoms with Crippen molar-refractivity contribution in [3.8, 4) is 45.3 Å². The van der Waals surface area contributed by atoms with Gasteiger partial charge in [0.25, 0.3) is 13.4 Å². The molecule has 4 fully saturated rings. The van der Waals surface area contributed by atoms with Gasteiger partial charge in [-0.15, -0.1) is 0 Å². The number of anilines is 6. The summed E-state index contributed by atoms with van der Waals surface area (Å²) in [4.78, 5) is 5.28. The SMILES string of the molecule is CC(C)c1ccc(-c2ccc3c(c2)B2c4cc(C5CCCCC5)ccc4N(c4ccc(C5CCCCC5)cc4)c4c5c6c(c(c42)O3)N(c2ccc(C3CCCCC3)cc2)c2ccc(C3CCCCC3)cc2B6c2cc(-c3ccc(C(C)C)cc3)ccc2O5)cc1. The number of hydrogen-bond acceptors (Lipinski definition) is 4. The Bertz CT molecular complexity index is 3910. The molecule has 4 aliphatic heterocycles. The third-order valence-corrected chi connectivity index (χ3v) is 23.2. The molecular formula is C84H86B2N2O2. The van der Waals surface area contributed by atoms with Crippen molar-refractivity contribution < 1.29 is 9.47 Å². The molecule has 90 heavy (non-hydrogen) atoms. The highest BCUT2D eigenvalue weighted by Crippen LogP contribution is 2.55. The Morgan fingerprint density at radius 2 is 0.644 bits per heavy atom. The Morgan fingerprint density at radius 3 is 0.989 bits per heavy atom. The lowest BCUT2D eigenvalue weighted by molar-refractivity contribution is 0.443. The van der Waals surface area contributed by atoms with Crippen molar-refractivity contribution in [2.75, 3.05) is 9.80 Å². The van der Waals surface area contributed by atoms with Crippen molar-refractivity contribution in [2.45, 2.75) is 192 Å². The highest BCUT2D eigenvalue weighted by atomic mass is 16.5. The van der Waals surface area contributed by atoms with E-state index >= 15 is 0 Å². The molecule has 8 aliphatic rings. The quantitative estimate of drug-likeness (QED) is 0.127. The number of fused-ring (bicyclic) bond motifs is 10. The van der Waals surface area contributed by atoms with Crippen LogP contribution in [0.5, 0.6) is 23.0 Å².